The monoisotopic (exact) mass is 362 g/mol. The third-order valence-electron chi connectivity index (χ3n) is 3.50. The molecule has 0 saturated carbocycles. The summed E-state index contributed by atoms with van der Waals surface area (Å²) < 4.78 is 37.4. The van der Waals surface area contributed by atoms with Crippen molar-refractivity contribution in [3.63, 3.8) is 0 Å². The Morgan fingerprint density at radius 3 is 2.65 bits per heavy atom. The van der Waals surface area contributed by atoms with Gasteiger partial charge in [-0.05, 0) is 30.3 Å². The molecule has 0 bridgehead atoms. The summed E-state index contributed by atoms with van der Waals surface area (Å²) in [4.78, 5) is 22.1. The Balaban J connectivity index is 2.18. The van der Waals surface area contributed by atoms with E-state index >= 15 is 0 Å². The van der Waals surface area contributed by atoms with Crippen LogP contribution in [-0.2, 0) is 0 Å². The Bertz CT molecular complexity index is 1060. The molecule has 1 aromatic heterocycles. The van der Waals surface area contributed by atoms with Crippen LogP contribution in [0.1, 0.15) is 0 Å². The van der Waals surface area contributed by atoms with Crippen LogP contribution in [0.2, 0.25) is 0 Å². The lowest BCUT2D eigenvalue weighted by molar-refractivity contribution is -0.262. The van der Waals surface area contributed by atoms with Crippen LogP contribution in [0, 0.1) is 0 Å². The molecule has 0 fully saturated rings. The van der Waals surface area contributed by atoms with Gasteiger partial charge in [-0.2, -0.15) is 13.2 Å². The van der Waals surface area contributed by atoms with E-state index < -0.39 is 17.6 Å². The molecule has 0 atom stereocenters. The fraction of sp³-hybridized carbons (Fsp3) is 0.0625. The Kier molecular flexibility index (Phi) is 4.34. The zero-order valence-electron chi connectivity index (χ0n) is 13.0. The third kappa shape index (κ3) is 3.35. The number of benzene rings is 2. The predicted molar refractivity (Wildman–Crippen MR) is 88.8 cm³/mol. The van der Waals surface area contributed by atoms with Gasteiger partial charge in [0.05, 0.1) is 22.5 Å². The van der Waals surface area contributed by atoms with Crippen molar-refractivity contribution in [3.8, 4) is 11.4 Å². The molecular formula is C16H11F3N5O2-. The highest BCUT2D eigenvalue weighted by molar-refractivity contribution is 5.86. The molecule has 0 unspecified atom stereocenters. The number of hydrogen-bond donors (Lipinski definition) is 3. The van der Waals surface area contributed by atoms with Crippen molar-refractivity contribution in [2.75, 3.05) is 5.43 Å². The van der Waals surface area contributed by atoms with Gasteiger partial charge in [0.2, 0.25) is 0 Å². The number of nitrogen functional groups attached to an aromatic ring is 1. The van der Waals surface area contributed by atoms with Gasteiger partial charge in [-0.1, -0.05) is 12.1 Å². The minimum absolute atomic E-state index is 0.00900. The predicted octanol–water partition coefficient (Wildman–Crippen LogP) is 1.83. The van der Waals surface area contributed by atoms with Gasteiger partial charge in [0.25, 0.3) is 5.56 Å². The summed E-state index contributed by atoms with van der Waals surface area (Å²) in [7, 11) is 0. The number of anilines is 1. The van der Waals surface area contributed by atoms with Crippen LogP contribution in [0.25, 0.3) is 22.3 Å². The van der Waals surface area contributed by atoms with Crippen molar-refractivity contribution in [2.24, 2.45) is 10.8 Å². The number of aromatic amines is 1. The number of hydrazine groups is 1. The average molecular weight is 362 g/mol. The number of H-pyrrole nitrogens is 1. The second-order valence-electron chi connectivity index (χ2n) is 5.22. The number of rotatable bonds is 3. The summed E-state index contributed by atoms with van der Waals surface area (Å²) in [5.41, 5.74) is 2.51. The highest BCUT2D eigenvalue weighted by atomic mass is 19.4. The molecule has 7 nitrogen and oxygen atoms in total. The number of para-hydroxylation sites is 1. The molecule has 4 N–H and O–H groups in total. The maximum atomic E-state index is 12.5. The number of hydrogen-bond acceptors (Lipinski definition) is 6. The summed E-state index contributed by atoms with van der Waals surface area (Å²) >= 11 is 0. The second-order valence-corrected chi connectivity index (χ2v) is 5.22. The van der Waals surface area contributed by atoms with Gasteiger partial charge < -0.3 is 15.5 Å². The van der Waals surface area contributed by atoms with Crippen LogP contribution in [0.3, 0.4) is 0 Å². The molecular weight excluding hydrogens is 351 g/mol. The molecule has 0 aliphatic heterocycles. The molecule has 0 aliphatic carbocycles. The molecule has 0 amide bonds. The number of alkyl halides is 3. The van der Waals surface area contributed by atoms with Crippen molar-refractivity contribution in [1.29, 1.82) is 0 Å². The molecule has 2 aromatic carbocycles. The van der Waals surface area contributed by atoms with E-state index in [1.165, 1.54) is 36.4 Å². The van der Waals surface area contributed by atoms with Crippen molar-refractivity contribution in [2.45, 2.75) is 6.18 Å². The molecule has 0 radical (unpaired) electrons. The van der Waals surface area contributed by atoms with E-state index in [1.807, 2.05) is 0 Å². The Hall–Kier alpha value is -3.40. The van der Waals surface area contributed by atoms with Gasteiger partial charge in [-0.25, -0.2) is 4.98 Å². The third-order valence-corrected chi connectivity index (χ3v) is 3.50. The van der Waals surface area contributed by atoms with Crippen LogP contribution in [-0.4, -0.2) is 22.0 Å². The summed E-state index contributed by atoms with van der Waals surface area (Å²) in [5, 5.41) is 11.4. The highest BCUT2D eigenvalue weighted by Crippen LogP contribution is 2.29. The minimum atomic E-state index is -5.09. The Morgan fingerprint density at radius 2 is 1.96 bits per heavy atom. The number of nitrogens with one attached hydrogen (secondary N) is 2. The first-order chi connectivity index (χ1) is 12.3. The molecule has 3 rings (SSSR count). The van der Waals surface area contributed by atoms with E-state index in [9.17, 15) is 23.1 Å². The van der Waals surface area contributed by atoms with Gasteiger partial charge in [0.1, 0.15) is 5.82 Å². The van der Waals surface area contributed by atoms with Gasteiger partial charge in [0.15, 0.2) is 0 Å². The molecule has 10 heteroatoms. The number of aromatic nitrogens is 2. The number of aliphatic imine (C=N–C) groups is 1. The molecule has 0 spiro atoms. The number of nitrogens with zero attached hydrogens (tertiary/aromatic N) is 2. The summed E-state index contributed by atoms with van der Waals surface area (Å²) in [6, 6.07) is 10.2. The number of fused-ring (bicyclic) bond motifs is 1. The van der Waals surface area contributed by atoms with E-state index in [0.717, 1.165) is 0 Å². The van der Waals surface area contributed by atoms with Gasteiger partial charge in [0, 0.05) is 11.3 Å². The lowest BCUT2D eigenvalue weighted by Gasteiger charge is -2.15. The van der Waals surface area contributed by atoms with E-state index in [0.29, 0.717) is 11.2 Å². The maximum absolute atomic E-state index is 12.5. The second kappa shape index (κ2) is 6.48. The zero-order valence-corrected chi connectivity index (χ0v) is 13.0. The SMILES string of the molecule is NNc1ccc2nc(-c3ccccc3N=C([O-])C(F)(F)F)[nH]c(=O)c2c1. The Morgan fingerprint density at radius 1 is 1.23 bits per heavy atom. The van der Waals surface area contributed by atoms with E-state index in [4.69, 9.17) is 5.84 Å². The van der Waals surface area contributed by atoms with Gasteiger partial charge in [-0.15, -0.1) is 0 Å². The number of nitrogens with two attached hydrogens (primary N) is 1. The fourth-order valence-corrected chi connectivity index (χ4v) is 2.30. The summed E-state index contributed by atoms with van der Waals surface area (Å²) in [5.74, 6) is 3.04. The van der Waals surface area contributed by atoms with Gasteiger partial charge >= 0.3 is 6.18 Å². The molecule has 1 heterocycles. The molecule has 3 aromatic rings. The summed E-state index contributed by atoms with van der Waals surface area (Å²) in [6.45, 7) is 0. The van der Waals surface area contributed by atoms with Crippen molar-refractivity contribution < 1.29 is 18.3 Å². The van der Waals surface area contributed by atoms with Crippen LogP contribution in [0.5, 0.6) is 0 Å². The van der Waals surface area contributed by atoms with Crippen molar-refractivity contribution in [1.82, 2.24) is 9.97 Å². The largest absolute Gasteiger partial charge is 0.855 e. The molecule has 26 heavy (non-hydrogen) atoms. The maximum Gasteiger partial charge on any atom is 0.419 e. The van der Waals surface area contributed by atoms with Crippen LogP contribution in [0.4, 0.5) is 24.5 Å². The van der Waals surface area contributed by atoms with Crippen LogP contribution < -0.4 is 21.9 Å². The zero-order chi connectivity index (χ0) is 18.9. The molecule has 0 aliphatic rings. The summed E-state index contributed by atoms with van der Waals surface area (Å²) in [6.07, 6.45) is -5.09. The standard InChI is InChI=1S/C16H12F3N5O2/c17-16(18,19)15(26)22-11-4-2-1-3-9(11)13-21-12-6-5-8(24-20)7-10(12)14(25)23-13/h1-7,24H,20H2,(H,22,26)(H,21,23,25)/p-1. The van der Waals surface area contributed by atoms with Crippen LogP contribution in [0.15, 0.2) is 52.3 Å². The van der Waals surface area contributed by atoms with Crippen molar-refractivity contribution >= 4 is 28.2 Å². The smallest absolute Gasteiger partial charge is 0.419 e. The van der Waals surface area contributed by atoms with Crippen LogP contribution >= 0.6 is 0 Å². The van der Waals surface area contributed by atoms with Gasteiger partial charge in [-0.3, -0.25) is 15.6 Å². The normalized spacial score (nSPS) is 12.4. The fourth-order valence-electron chi connectivity index (χ4n) is 2.30. The first-order valence-corrected chi connectivity index (χ1v) is 7.22. The van der Waals surface area contributed by atoms with E-state index in [-0.39, 0.29) is 22.5 Å². The quantitative estimate of drug-likeness (QED) is 0.284. The Labute approximate surface area is 144 Å². The first kappa shape index (κ1) is 17.4. The number of halogens is 3. The average Bonchev–Trinajstić information content (AvgIpc) is 2.61. The highest BCUT2D eigenvalue weighted by Gasteiger charge is 2.28. The van der Waals surface area contributed by atoms with E-state index in [2.05, 4.69) is 20.4 Å². The van der Waals surface area contributed by atoms with Crippen molar-refractivity contribution in [3.05, 3.63) is 52.8 Å². The topological polar surface area (TPSA) is 119 Å². The lowest BCUT2D eigenvalue weighted by atomic mass is 10.1. The lowest BCUT2D eigenvalue weighted by Crippen LogP contribution is -2.34. The minimum Gasteiger partial charge on any atom is -0.855 e. The molecule has 0 saturated heterocycles. The first-order valence-electron chi connectivity index (χ1n) is 7.22. The molecule has 134 valence electrons. The van der Waals surface area contributed by atoms with E-state index in [1.54, 1.807) is 6.07 Å².